The van der Waals surface area contributed by atoms with E-state index in [2.05, 4.69) is 31.3 Å². The minimum atomic E-state index is -1.57. The Bertz CT molecular complexity index is 1590. The van der Waals surface area contributed by atoms with Crippen LogP contribution in [0.15, 0.2) is 24.3 Å². The Morgan fingerprint density at radius 1 is 0.387 bits per heavy atom. The third kappa shape index (κ3) is 59.9. The summed E-state index contributed by atoms with van der Waals surface area (Å²) in [5.74, 6) is -0.160. The molecule has 6 N–H and O–H groups in total. The highest BCUT2D eigenvalue weighted by atomic mass is 16.7. The van der Waals surface area contributed by atoms with Crippen molar-refractivity contribution in [1.29, 1.82) is 0 Å². The Hall–Kier alpha value is -1.86. The third-order valence-corrected chi connectivity index (χ3v) is 19.8. The second kappa shape index (κ2) is 71.4. The van der Waals surface area contributed by atoms with Crippen LogP contribution < -0.4 is 5.32 Å². The predicted molar refractivity (Wildman–Crippen MR) is 394 cm³/mol. The fourth-order valence-electron chi connectivity index (χ4n) is 13.4. The first kappa shape index (κ1) is 89.2. The molecule has 0 saturated carbocycles. The lowest BCUT2D eigenvalue weighted by atomic mass is 9.99. The number of ether oxygens (including phenoxy) is 3. The summed E-state index contributed by atoms with van der Waals surface area (Å²) in [6.07, 6.45) is 82.5. The Kier molecular flexibility index (Phi) is 68.5. The van der Waals surface area contributed by atoms with Crippen molar-refractivity contribution in [3.05, 3.63) is 24.3 Å². The van der Waals surface area contributed by atoms with E-state index in [4.69, 9.17) is 14.2 Å². The van der Waals surface area contributed by atoms with E-state index < -0.39 is 49.5 Å². The second-order valence-corrected chi connectivity index (χ2v) is 28.8. The first-order valence-electron chi connectivity index (χ1n) is 41.1. The highest BCUT2D eigenvalue weighted by Crippen LogP contribution is 2.24. The lowest BCUT2D eigenvalue weighted by Gasteiger charge is -2.40. The van der Waals surface area contributed by atoms with Gasteiger partial charge < -0.3 is 45.1 Å². The molecule has 11 heteroatoms. The van der Waals surface area contributed by atoms with Gasteiger partial charge in [-0.05, 0) is 57.8 Å². The number of nitrogens with one attached hydrogen (secondary N) is 1. The monoisotopic (exact) mass is 1320 g/mol. The second-order valence-electron chi connectivity index (χ2n) is 28.8. The number of carbonyl (C=O) groups is 2. The van der Waals surface area contributed by atoms with Crippen LogP contribution in [0.25, 0.3) is 0 Å². The van der Waals surface area contributed by atoms with Gasteiger partial charge in [0, 0.05) is 12.8 Å². The molecule has 1 aliphatic rings. The lowest BCUT2D eigenvalue weighted by molar-refractivity contribution is -0.302. The summed E-state index contributed by atoms with van der Waals surface area (Å²) in [4.78, 5) is 25.2. The van der Waals surface area contributed by atoms with Gasteiger partial charge in [0.05, 0.1) is 32.0 Å². The average molecular weight is 1320 g/mol. The number of unbranched alkanes of at least 4 members (excludes halogenated alkanes) is 58. The maximum absolute atomic E-state index is 13.0. The SMILES string of the molecule is CCCCCCCC/C=C\CCCCCCCCCC(=O)OCCCCCCCCCCCCCCCCCCCCCCCCCCCCCCCCCCCCCCCCCC(=O)NC(COC1OC(CO)C(O)C(O)C1O)C(O)/C=C/CCCCCCCCC. The van der Waals surface area contributed by atoms with Crippen molar-refractivity contribution in [1.82, 2.24) is 5.32 Å². The fourth-order valence-corrected chi connectivity index (χ4v) is 13.4. The van der Waals surface area contributed by atoms with E-state index in [1.807, 2.05) is 6.08 Å². The molecule has 1 amide bonds. The van der Waals surface area contributed by atoms with Gasteiger partial charge in [-0.1, -0.05) is 378 Å². The molecule has 0 aromatic heterocycles. The zero-order valence-electron chi connectivity index (χ0n) is 61.5. The smallest absolute Gasteiger partial charge is 0.305 e. The predicted octanol–water partition coefficient (Wildman–Crippen LogP) is 22.3. The van der Waals surface area contributed by atoms with Crippen LogP contribution in [0.4, 0.5) is 0 Å². The third-order valence-electron chi connectivity index (χ3n) is 19.8. The van der Waals surface area contributed by atoms with Crippen molar-refractivity contribution < 1.29 is 49.3 Å². The van der Waals surface area contributed by atoms with E-state index >= 15 is 0 Å². The number of rotatable bonds is 74. The van der Waals surface area contributed by atoms with Crippen molar-refractivity contribution in [2.24, 2.45) is 0 Å². The summed E-state index contributed by atoms with van der Waals surface area (Å²) in [6, 6.07) is -0.803. The molecule has 0 aromatic carbocycles. The van der Waals surface area contributed by atoms with E-state index in [0.717, 1.165) is 57.8 Å². The van der Waals surface area contributed by atoms with E-state index in [1.54, 1.807) is 6.08 Å². The van der Waals surface area contributed by atoms with Crippen LogP contribution in [0, 0.1) is 0 Å². The van der Waals surface area contributed by atoms with E-state index in [1.165, 1.54) is 340 Å². The number of hydrogen-bond acceptors (Lipinski definition) is 10. The van der Waals surface area contributed by atoms with Gasteiger partial charge >= 0.3 is 5.97 Å². The molecule has 93 heavy (non-hydrogen) atoms. The summed E-state index contributed by atoms with van der Waals surface area (Å²) in [6.45, 7) is 4.37. The van der Waals surface area contributed by atoms with E-state index in [0.29, 0.717) is 19.4 Å². The number of hydrogen-bond donors (Lipinski definition) is 6. The van der Waals surface area contributed by atoms with Crippen molar-refractivity contribution in [2.75, 3.05) is 19.8 Å². The molecule has 1 heterocycles. The summed E-state index contributed by atoms with van der Waals surface area (Å²) < 4.78 is 16.8. The van der Waals surface area contributed by atoms with Crippen LogP contribution in [-0.4, -0.2) is 100 Å². The number of carbonyl (C=O) groups excluding carboxylic acids is 2. The van der Waals surface area contributed by atoms with Crippen molar-refractivity contribution in [3.63, 3.8) is 0 Å². The average Bonchev–Trinajstić information content (AvgIpc) is 0.878. The number of aliphatic hydroxyl groups excluding tert-OH is 5. The van der Waals surface area contributed by atoms with Gasteiger partial charge in [0.25, 0.3) is 0 Å². The van der Waals surface area contributed by atoms with Gasteiger partial charge in [-0.25, -0.2) is 0 Å². The Morgan fingerprint density at radius 2 is 0.688 bits per heavy atom. The molecule has 0 aliphatic carbocycles. The highest BCUT2D eigenvalue weighted by molar-refractivity contribution is 5.76. The summed E-state index contributed by atoms with van der Waals surface area (Å²) in [7, 11) is 0. The molecule has 1 aliphatic heterocycles. The van der Waals surface area contributed by atoms with Crippen molar-refractivity contribution >= 4 is 11.9 Å². The van der Waals surface area contributed by atoms with Crippen LogP contribution in [0.5, 0.6) is 0 Å². The molecular formula is C82H157NO10. The van der Waals surface area contributed by atoms with E-state index in [9.17, 15) is 35.1 Å². The molecule has 7 unspecified atom stereocenters. The van der Waals surface area contributed by atoms with Crippen LogP contribution in [-0.2, 0) is 23.8 Å². The van der Waals surface area contributed by atoms with Crippen molar-refractivity contribution in [3.8, 4) is 0 Å². The number of amides is 1. The zero-order chi connectivity index (χ0) is 67.2. The quantitative estimate of drug-likeness (QED) is 0.0195. The summed E-state index contributed by atoms with van der Waals surface area (Å²) in [5.41, 5.74) is 0. The number of aliphatic hydroxyl groups is 5. The van der Waals surface area contributed by atoms with Crippen LogP contribution in [0.2, 0.25) is 0 Å². The maximum Gasteiger partial charge on any atom is 0.305 e. The molecule has 11 nitrogen and oxygen atoms in total. The molecule has 550 valence electrons. The Morgan fingerprint density at radius 3 is 1.03 bits per heavy atom. The Labute approximate surface area is 575 Å². The van der Waals surface area contributed by atoms with Gasteiger partial charge in [-0.15, -0.1) is 0 Å². The molecule has 1 fully saturated rings. The van der Waals surface area contributed by atoms with Gasteiger partial charge in [0.1, 0.15) is 24.4 Å². The number of allylic oxidation sites excluding steroid dienone is 3. The first-order chi connectivity index (χ1) is 45.7. The molecule has 7 atom stereocenters. The van der Waals surface area contributed by atoms with Crippen LogP contribution >= 0.6 is 0 Å². The fraction of sp³-hybridized carbons (Fsp3) is 0.927. The zero-order valence-corrected chi connectivity index (χ0v) is 61.5. The van der Waals surface area contributed by atoms with Gasteiger partial charge in [-0.3, -0.25) is 9.59 Å². The van der Waals surface area contributed by atoms with Gasteiger partial charge in [0.15, 0.2) is 6.29 Å². The molecule has 0 bridgehead atoms. The largest absolute Gasteiger partial charge is 0.466 e. The Balaban J connectivity index is 1.82. The van der Waals surface area contributed by atoms with Gasteiger partial charge in [-0.2, -0.15) is 0 Å². The first-order valence-corrected chi connectivity index (χ1v) is 41.1. The summed E-state index contributed by atoms with van der Waals surface area (Å²) >= 11 is 0. The van der Waals surface area contributed by atoms with Crippen LogP contribution in [0.3, 0.4) is 0 Å². The molecule has 0 aromatic rings. The van der Waals surface area contributed by atoms with Gasteiger partial charge in [0.2, 0.25) is 5.91 Å². The molecular weight excluding hydrogens is 1160 g/mol. The molecule has 1 rings (SSSR count). The highest BCUT2D eigenvalue weighted by Gasteiger charge is 2.44. The number of esters is 1. The molecule has 0 spiro atoms. The topological polar surface area (TPSA) is 175 Å². The van der Waals surface area contributed by atoms with Crippen LogP contribution in [0.1, 0.15) is 425 Å². The van der Waals surface area contributed by atoms with E-state index in [-0.39, 0.29) is 18.5 Å². The lowest BCUT2D eigenvalue weighted by Crippen LogP contribution is -2.60. The maximum atomic E-state index is 13.0. The standard InChI is InChI=1S/C82H157NO10/c1-3-5-7-9-11-13-14-15-16-40-44-47-50-54-58-62-66-70-78(87)91-71-67-63-59-55-51-48-45-42-39-37-35-33-31-29-27-25-23-21-19-17-18-20-22-24-26-28-30-32-34-36-38-41-43-46-49-53-57-61-65-69-77(86)83-74(75(85)68-64-60-56-52-12-10-8-6-4-2)73-92-82-81(90)80(89)79(88)76(72-84)93-82/h15-16,64,68,74-76,79-82,84-85,88-90H,3-14,17-63,65-67,69-73H2,1-2H3,(H,83,86)/b16-15-,68-64+. The molecule has 0 radical (unpaired) electrons. The summed E-state index contributed by atoms with van der Waals surface area (Å²) in [5, 5.41) is 54.4. The minimum Gasteiger partial charge on any atom is -0.466 e. The minimum absolute atomic E-state index is 0.0159. The molecule has 1 saturated heterocycles. The van der Waals surface area contributed by atoms with Crippen molar-refractivity contribution in [2.45, 2.75) is 468 Å². The normalized spacial score (nSPS) is 17.5.